The third-order valence-electron chi connectivity index (χ3n) is 4.61. The van der Waals surface area contributed by atoms with Crippen molar-refractivity contribution in [1.82, 2.24) is 10.2 Å². The van der Waals surface area contributed by atoms with Crippen LogP contribution in [0.3, 0.4) is 0 Å². The Bertz CT molecular complexity index is 813. The van der Waals surface area contributed by atoms with Crippen molar-refractivity contribution in [1.29, 1.82) is 0 Å². The summed E-state index contributed by atoms with van der Waals surface area (Å²) in [5, 5.41) is 2.87. The number of halogens is 2. The molecule has 0 bridgehead atoms. The summed E-state index contributed by atoms with van der Waals surface area (Å²) in [6.45, 7) is 4.61. The minimum atomic E-state index is -0.597. The standard InChI is InChI=1S/C23H28F2N2O2S/c1-3-13-26-23(29)21(4-2)27(14-17-5-9-19(24)10-6-17)22(28)16-30-15-18-7-11-20(25)12-8-18/h5-12,21H,3-4,13-16H2,1-2H3,(H,26,29)/t21-/m0/s1. The Morgan fingerprint density at radius 2 is 1.53 bits per heavy atom. The third kappa shape index (κ3) is 7.44. The van der Waals surface area contributed by atoms with E-state index in [0.29, 0.717) is 18.7 Å². The highest BCUT2D eigenvalue weighted by molar-refractivity contribution is 7.99. The minimum absolute atomic E-state index is 0.162. The Kier molecular flexibility index (Phi) is 9.80. The minimum Gasteiger partial charge on any atom is -0.354 e. The van der Waals surface area contributed by atoms with Gasteiger partial charge >= 0.3 is 0 Å². The second-order valence-corrected chi connectivity index (χ2v) is 7.97. The smallest absolute Gasteiger partial charge is 0.242 e. The molecule has 1 atom stereocenters. The van der Waals surface area contributed by atoms with Crippen molar-refractivity contribution in [2.24, 2.45) is 0 Å². The number of carbonyl (C=O) groups is 2. The van der Waals surface area contributed by atoms with Crippen LogP contribution in [-0.2, 0) is 21.9 Å². The number of thioether (sulfide) groups is 1. The molecule has 1 N–H and O–H groups in total. The van der Waals surface area contributed by atoms with Gasteiger partial charge in [0.25, 0.3) is 0 Å². The molecule has 0 aliphatic rings. The Morgan fingerprint density at radius 1 is 0.967 bits per heavy atom. The van der Waals surface area contributed by atoms with Gasteiger partial charge in [-0.15, -0.1) is 11.8 Å². The van der Waals surface area contributed by atoms with Gasteiger partial charge < -0.3 is 10.2 Å². The van der Waals surface area contributed by atoms with Crippen molar-refractivity contribution in [3.8, 4) is 0 Å². The van der Waals surface area contributed by atoms with E-state index in [1.54, 1.807) is 29.2 Å². The summed E-state index contributed by atoms with van der Waals surface area (Å²) in [6, 6.07) is 11.5. The fourth-order valence-corrected chi connectivity index (χ4v) is 3.86. The fourth-order valence-electron chi connectivity index (χ4n) is 2.99. The first-order chi connectivity index (χ1) is 14.4. The second-order valence-electron chi connectivity index (χ2n) is 6.98. The van der Waals surface area contributed by atoms with Gasteiger partial charge in [-0.2, -0.15) is 0 Å². The number of hydrogen-bond donors (Lipinski definition) is 1. The van der Waals surface area contributed by atoms with E-state index in [9.17, 15) is 18.4 Å². The first kappa shape index (κ1) is 23.9. The van der Waals surface area contributed by atoms with Crippen LogP contribution >= 0.6 is 11.8 Å². The van der Waals surface area contributed by atoms with Gasteiger partial charge in [-0.3, -0.25) is 9.59 Å². The van der Waals surface area contributed by atoms with E-state index in [1.165, 1.54) is 36.0 Å². The van der Waals surface area contributed by atoms with Crippen molar-refractivity contribution in [3.05, 3.63) is 71.3 Å². The Balaban J connectivity index is 2.09. The lowest BCUT2D eigenvalue weighted by molar-refractivity contribution is -0.139. The maximum absolute atomic E-state index is 13.3. The van der Waals surface area contributed by atoms with Gasteiger partial charge in [0.1, 0.15) is 17.7 Å². The predicted octanol–water partition coefficient (Wildman–Crippen LogP) is 4.53. The second kappa shape index (κ2) is 12.3. The molecule has 0 heterocycles. The molecule has 162 valence electrons. The van der Waals surface area contributed by atoms with E-state index in [2.05, 4.69) is 5.32 Å². The number of hydrogen-bond acceptors (Lipinski definition) is 3. The molecule has 4 nitrogen and oxygen atoms in total. The molecule has 2 rings (SSSR count). The van der Waals surface area contributed by atoms with Crippen molar-refractivity contribution < 1.29 is 18.4 Å². The first-order valence-electron chi connectivity index (χ1n) is 10.1. The van der Waals surface area contributed by atoms with Gasteiger partial charge in [-0.1, -0.05) is 38.1 Å². The average molecular weight is 435 g/mol. The van der Waals surface area contributed by atoms with Crippen LogP contribution in [0.2, 0.25) is 0 Å². The molecule has 0 saturated carbocycles. The maximum atomic E-state index is 13.3. The zero-order chi connectivity index (χ0) is 21.9. The lowest BCUT2D eigenvalue weighted by atomic mass is 10.1. The molecule has 0 aliphatic heterocycles. The maximum Gasteiger partial charge on any atom is 0.242 e. The van der Waals surface area contributed by atoms with Crippen molar-refractivity contribution in [2.45, 2.75) is 45.0 Å². The number of benzene rings is 2. The fraction of sp³-hybridized carbons (Fsp3) is 0.391. The van der Waals surface area contributed by atoms with Crippen LogP contribution in [0.1, 0.15) is 37.8 Å². The Labute approximate surface area is 181 Å². The number of carbonyl (C=O) groups excluding carboxylic acids is 2. The molecule has 0 unspecified atom stereocenters. The molecule has 0 spiro atoms. The molecule has 0 aromatic heterocycles. The van der Waals surface area contributed by atoms with E-state index >= 15 is 0 Å². The monoisotopic (exact) mass is 434 g/mol. The van der Waals surface area contributed by atoms with E-state index in [-0.39, 0.29) is 35.7 Å². The Hall–Kier alpha value is -2.41. The molecule has 0 radical (unpaired) electrons. The number of amides is 2. The highest BCUT2D eigenvalue weighted by Crippen LogP contribution is 2.18. The summed E-state index contributed by atoms with van der Waals surface area (Å²) in [6.07, 6.45) is 1.28. The molecular formula is C23H28F2N2O2S. The summed E-state index contributed by atoms with van der Waals surface area (Å²) in [5.74, 6) is -0.234. The normalized spacial score (nSPS) is 11.7. The summed E-state index contributed by atoms with van der Waals surface area (Å²) in [4.78, 5) is 27.2. The number of nitrogens with one attached hydrogen (secondary N) is 1. The Morgan fingerprint density at radius 3 is 2.07 bits per heavy atom. The summed E-state index contributed by atoms with van der Waals surface area (Å²) in [7, 11) is 0. The highest BCUT2D eigenvalue weighted by Gasteiger charge is 2.28. The molecule has 2 aromatic rings. The highest BCUT2D eigenvalue weighted by atomic mass is 32.2. The predicted molar refractivity (Wildman–Crippen MR) is 117 cm³/mol. The lowest BCUT2D eigenvalue weighted by Gasteiger charge is -2.30. The summed E-state index contributed by atoms with van der Waals surface area (Å²) < 4.78 is 26.3. The molecule has 30 heavy (non-hydrogen) atoms. The third-order valence-corrected chi connectivity index (χ3v) is 5.60. The lowest BCUT2D eigenvalue weighted by Crippen LogP contribution is -2.49. The zero-order valence-electron chi connectivity index (χ0n) is 17.4. The molecule has 0 fully saturated rings. The van der Waals surface area contributed by atoms with E-state index in [4.69, 9.17) is 0 Å². The van der Waals surface area contributed by atoms with E-state index < -0.39 is 6.04 Å². The van der Waals surface area contributed by atoms with E-state index in [1.807, 2.05) is 13.8 Å². The summed E-state index contributed by atoms with van der Waals surface area (Å²) in [5.41, 5.74) is 1.68. The van der Waals surface area contributed by atoms with Crippen LogP contribution in [0.4, 0.5) is 8.78 Å². The zero-order valence-corrected chi connectivity index (χ0v) is 18.2. The van der Waals surface area contributed by atoms with Gasteiger partial charge in [-0.05, 0) is 48.2 Å². The van der Waals surface area contributed by atoms with Gasteiger partial charge in [0.2, 0.25) is 11.8 Å². The van der Waals surface area contributed by atoms with Crippen molar-refractivity contribution in [2.75, 3.05) is 12.3 Å². The van der Waals surface area contributed by atoms with Gasteiger partial charge in [0.05, 0.1) is 5.75 Å². The average Bonchev–Trinajstić information content (AvgIpc) is 2.74. The molecule has 2 aromatic carbocycles. The molecule has 2 amide bonds. The van der Waals surface area contributed by atoms with Crippen LogP contribution < -0.4 is 5.32 Å². The first-order valence-corrected chi connectivity index (χ1v) is 11.2. The van der Waals surface area contributed by atoms with Crippen LogP contribution in [0.5, 0.6) is 0 Å². The SMILES string of the molecule is CCCNC(=O)[C@H](CC)N(Cc1ccc(F)cc1)C(=O)CSCc1ccc(F)cc1. The van der Waals surface area contributed by atoms with E-state index in [0.717, 1.165) is 17.5 Å². The molecule has 0 aliphatic carbocycles. The molecular weight excluding hydrogens is 406 g/mol. The molecule has 0 saturated heterocycles. The topological polar surface area (TPSA) is 49.4 Å². The van der Waals surface area contributed by atoms with Gasteiger partial charge in [0.15, 0.2) is 0 Å². The largest absolute Gasteiger partial charge is 0.354 e. The summed E-state index contributed by atoms with van der Waals surface area (Å²) >= 11 is 1.41. The van der Waals surface area contributed by atoms with Crippen LogP contribution in [0.25, 0.3) is 0 Å². The van der Waals surface area contributed by atoms with Gasteiger partial charge in [-0.25, -0.2) is 8.78 Å². The quantitative estimate of drug-likeness (QED) is 0.565. The van der Waals surface area contributed by atoms with Crippen LogP contribution in [0, 0.1) is 11.6 Å². The van der Waals surface area contributed by atoms with Crippen molar-refractivity contribution >= 4 is 23.6 Å². The number of nitrogens with zero attached hydrogens (tertiary/aromatic N) is 1. The van der Waals surface area contributed by atoms with Crippen molar-refractivity contribution in [3.63, 3.8) is 0 Å². The van der Waals surface area contributed by atoms with Gasteiger partial charge in [0, 0.05) is 18.8 Å². The van der Waals surface area contributed by atoms with Crippen LogP contribution in [0.15, 0.2) is 48.5 Å². The molecule has 7 heteroatoms. The van der Waals surface area contributed by atoms with Crippen LogP contribution in [-0.4, -0.2) is 35.1 Å². The number of rotatable bonds is 11.